The van der Waals surface area contributed by atoms with Crippen LogP contribution in [0.15, 0.2) is 23.4 Å². The first-order valence-electron chi connectivity index (χ1n) is 5.17. The van der Waals surface area contributed by atoms with E-state index in [2.05, 4.69) is 16.8 Å². The van der Waals surface area contributed by atoms with E-state index < -0.39 is 22.5 Å². The van der Waals surface area contributed by atoms with Crippen LogP contribution in [0.25, 0.3) is 0 Å². The second-order valence-electron chi connectivity index (χ2n) is 3.60. The van der Waals surface area contributed by atoms with Crippen LogP contribution in [-0.4, -0.2) is 48.9 Å². The van der Waals surface area contributed by atoms with E-state index in [4.69, 9.17) is 10.8 Å². The summed E-state index contributed by atoms with van der Waals surface area (Å²) in [6.45, 7) is -0.757. The van der Waals surface area contributed by atoms with Crippen molar-refractivity contribution < 1.29 is 18.3 Å². The van der Waals surface area contributed by atoms with Gasteiger partial charge in [0, 0.05) is 25.0 Å². The monoisotopic (exact) mass is 283 g/mol. The highest BCUT2D eigenvalue weighted by molar-refractivity contribution is 7.89. The first-order chi connectivity index (χ1) is 8.87. The fraction of sp³-hybridized carbons (Fsp3) is 0.273. The topological polar surface area (TPSA) is 114 Å². The maximum atomic E-state index is 12.1. The average molecular weight is 283 g/mol. The molecule has 19 heavy (non-hydrogen) atoms. The summed E-state index contributed by atoms with van der Waals surface area (Å²) >= 11 is 0. The fourth-order valence-corrected chi connectivity index (χ4v) is 2.38. The molecule has 1 aromatic heterocycles. The Bertz CT molecular complexity index is 631. The van der Waals surface area contributed by atoms with Crippen LogP contribution in [0.3, 0.4) is 0 Å². The zero-order chi connectivity index (χ0) is 14.5. The zero-order valence-electron chi connectivity index (χ0n) is 10.2. The molecule has 1 aromatic rings. The van der Waals surface area contributed by atoms with Gasteiger partial charge < -0.3 is 10.8 Å². The SMILES string of the molecule is CN(CC(N)=O)S(=O)(=O)c1cncc(C#CCO)c1. The first kappa shape index (κ1) is 15.1. The van der Waals surface area contributed by atoms with E-state index in [0.717, 1.165) is 10.5 Å². The molecule has 7 nitrogen and oxygen atoms in total. The second-order valence-corrected chi connectivity index (χ2v) is 5.64. The summed E-state index contributed by atoms with van der Waals surface area (Å²) in [5.41, 5.74) is 5.30. The molecule has 0 unspecified atom stereocenters. The van der Waals surface area contributed by atoms with Gasteiger partial charge in [0.1, 0.15) is 11.5 Å². The van der Waals surface area contributed by atoms with Crippen LogP contribution < -0.4 is 5.73 Å². The Morgan fingerprint density at radius 1 is 1.53 bits per heavy atom. The highest BCUT2D eigenvalue weighted by Crippen LogP contribution is 2.13. The molecule has 102 valence electrons. The minimum absolute atomic E-state index is 0.0963. The van der Waals surface area contributed by atoms with Gasteiger partial charge in [-0.1, -0.05) is 11.8 Å². The van der Waals surface area contributed by atoms with Gasteiger partial charge in [-0.25, -0.2) is 8.42 Å². The minimum Gasteiger partial charge on any atom is -0.384 e. The summed E-state index contributed by atoms with van der Waals surface area (Å²) in [5, 5.41) is 8.57. The van der Waals surface area contributed by atoms with Gasteiger partial charge in [0.15, 0.2) is 0 Å². The van der Waals surface area contributed by atoms with E-state index in [1.54, 1.807) is 0 Å². The molecule has 1 heterocycles. The molecule has 8 heteroatoms. The van der Waals surface area contributed by atoms with Crippen LogP contribution in [0, 0.1) is 11.8 Å². The van der Waals surface area contributed by atoms with E-state index in [-0.39, 0.29) is 11.5 Å². The lowest BCUT2D eigenvalue weighted by Crippen LogP contribution is -2.35. The summed E-state index contributed by atoms with van der Waals surface area (Å²) in [5.74, 6) is 4.18. The zero-order valence-corrected chi connectivity index (χ0v) is 11.0. The van der Waals surface area contributed by atoms with Crippen LogP contribution >= 0.6 is 0 Å². The summed E-state index contributed by atoms with van der Waals surface area (Å²) in [7, 11) is -2.60. The Kier molecular flexibility index (Phi) is 5.00. The smallest absolute Gasteiger partial charge is 0.244 e. The lowest BCUT2D eigenvalue weighted by molar-refractivity contribution is -0.118. The number of rotatable bonds is 4. The summed E-state index contributed by atoms with van der Waals surface area (Å²) in [6, 6.07) is 1.31. The largest absolute Gasteiger partial charge is 0.384 e. The van der Waals surface area contributed by atoms with Gasteiger partial charge in [0.25, 0.3) is 0 Å². The summed E-state index contributed by atoms with van der Waals surface area (Å²) in [6.07, 6.45) is 2.52. The lowest BCUT2D eigenvalue weighted by atomic mass is 10.3. The van der Waals surface area contributed by atoms with Crippen molar-refractivity contribution in [2.45, 2.75) is 4.90 Å². The number of aliphatic hydroxyl groups is 1. The molecule has 0 radical (unpaired) electrons. The number of aliphatic hydroxyl groups excluding tert-OH is 1. The molecule has 3 N–H and O–H groups in total. The van der Waals surface area contributed by atoms with E-state index >= 15 is 0 Å². The highest BCUT2D eigenvalue weighted by atomic mass is 32.2. The third-order valence-electron chi connectivity index (χ3n) is 2.11. The highest BCUT2D eigenvalue weighted by Gasteiger charge is 2.22. The predicted octanol–water partition coefficient (Wildman–Crippen LogP) is -1.47. The molecule has 0 aliphatic heterocycles. The predicted molar refractivity (Wildman–Crippen MR) is 67.2 cm³/mol. The fourth-order valence-electron chi connectivity index (χ4n) is 1.25. The third-order valence-corrected chi connectivity index (χ3v) is 3.88. The van der Waals surface area contributed by atoms with Crippen molar-refractivity contribution in [1.29, 1.82) is 0 Å². The Balaban J connectivity index is 3.11. The Hall–Kier alpha value is -1.95. The number of likely N-dealkylation sites (N-methyl/N-ethyl adjacent to an activating group) is 1. The van der Waals surface area contributed by atoms with Gasteiger partial charge in [0.2, 0.25) is 15.9 Å². The number of amides is 1. The molecular formula is C11H13N3O4S. The van der Waals surface area contributed by atoms with Crippen molar-refractivity contribution in [1.82, 2.24) is 9.29 Å². The Labute approximate surface area is 111 Å². The third kappa shape index (κ3) is 4.03. The van der Waals surface area contributed by atoms with Crippen LogP contribution in [0.4, 0.5) is 0 Å². The van der Waals surface area contributed by atoms with E-state index in [1.807, 2.05) is 0 Å². The number of aromatic nitrogens is 1. The van der Waals surface area contributed by atoms with Crippen molar-refractivity contribution in [3.63, 3.8) is 0 Å². The lowest BCUT2D eigenvalue weighted by Gasteiger charge is -2.14. The molecule has 0 atom stereocenters. The average Bonchev–Trinajstić information content (AvgIpc) is 2.35. The first-order valence-corrected chi connectivity index (χ1v) is 6.61. The number of nitrogens with two attached hydrogens (primary N) is 1. The summed E-state index contributed by atoms with van der Waals surface area (Å²) in [4.78, 5) is 14.4. The molecule has 0 fully saturated rings. The molecule has 0 saturated heterocycles. The van der Waals surface area contributed by atoms with Crippen LogP contribution in [-0.2, 0) is 14.8 Å². The number of carbonyl (C=O) groups excluding carboxylic acids is 1. The summed E-state index contributed by atoms with van der Waals surface area (Å²) < 4.78 is 25.0. The van der Waals surface area contributed by atoms with E-state index in [1.165, 1.54) is 19.3 Å². The van der Waals surface area contributed by atoms with Gasteiger partial charge in [0.05, 0.1) is 6.54 Å². The molecule has 0 aliphatic carbocycles. The molecule has 0 bridgehead atoms. The van der Waals surface area contributed by atoms with E-state index in [9.17, 15) is 13.2 Å². The number of carbonyl (C=O) groups is 1. The number of nitrogens with zero attached hydrogens (tertiary/aromatic N) is 2. The normalized spacial score (nSPS) is 10.9. The van der Waals surface area contributed by atoms with Gasteiger partial charge in [-0.15, -0.1) is 0 Å². The van der Waals surface area contributed by atoms with Gasteiger partial charge in [-0.05, 0) is 6.07 Å². The van der Waals surface area contributed by atoms with E-state index in [0.29, 0.717) is 5.56 Å². The number of sulfonamides is 1. The number of hydrogen-bond acceptors (Lipinski definition) is 5. The molecular weight excluding hydrogens is 270 g/mol. The maximum absolute atomic E-state index is 12.1. The Morgan fingerprint density at radius 3 is 2.79 bits per heavy atom. The number of hydrogen-bond donors (Lipinski definition) is 2. The van der Waals surface area contributed by atoms with Crippen LogP contribution in [0.2, 0.25) is 0 Å². The number of pyridine rings is 1. The minimum atomic E-state index is -3.84. The quantitative estimate of drug-likeness (QED) is 0.655. The molecule has 1 rings (SSSR count). The molecule has 1 amide bonds. The van der Waals surface area contributed by atoms with Crippen molar-refractivity contribution in [3.05, 3.63) is 24.0 Å². The molecule has 0 saturated carbocycles. The van der Waals surface area contributed by atoms with Crippen molar-refractivity contribution in [2.75, 3.05) is 20.2 Å². The van der Waals surface area contributed by atoms with Gasteiger partial charge in [-0.3, -0.25) is 9.78 Å². The van der Waals surface area contributed by atoms with Crippen molar-refractivity contribution in [3.8, 4) is 11.8 Å². The number of primary amides is 1. The van der Waals surface area contributed by atoms with Crippen LogP contribution in [0.5, 0.6) is 0 Å². The van der Waals surface area contributed by atoms with Gasteiger partial charge >= 0.3 is 0 Å². The molecule has 0 aromatic carbocycles. The van der Waals surface area contributed by atoms with Crippen molar-refractivity contribution >= 4 is 15.9 Å². The maximum Gasteiger partial charge on any atom is 0.244 e. The Morgan fingerprint density at radius 2 is 2.21 bits per heavy atom. The molecule has 0 spiro atoms. The van der Waals surface area contributed by atoms with Crippen molar-refractivity contribution in [2.24, 2.45) is 5.73 Å². The van der Waals surface area contributed by atoms with Gasteiger partial charge in [-0.2, -0.15) is 4.31 Å². The second kappa shape index (κ2) is 6.29. The standard InChI is InChI=1S/C11H13N3O4S/c1-14(8-11(12)16)19(17,18)10-5-9(3-2-4-15)6-13-7-10/h5-7,15H,4,8H2,1H3,(H2,12,16). The molecule has 0 aliphatic rings. The van der Waals surface area contributed by atoms with Crippen LogP contribution in [0.1, 0.15) is 5.56 Å².